The highest BCUT2D eigenvalue weighted by Crippen LogP contribution is 2.25. The average Bonchev–Trinajstić information content (AvgIpc) is 2.69. The number of nitrogens with zero attached hydrogens (tertiary/aromatic N) is 3. The lowest BCUT2D eigenvalue weighted by atomic mass is 10.0. The number of nitrogens with two attached hydrogens (primary N) is 1. The first-order chi connectivity index (χ1) is 12.9. The summed E-state index contributed by atoms with van der Waals surface area (Å²) in [6, 6.07) is 5.50. The van der Waals surface area contributed by atoms with Gasteiger partial charge in [-0.1, -0.05) is 18.7 Å². The van der Waals surface area contributed by atoms with Gasteiger partial charge in [-0.15, -0.1) is 0 Å². The molecule has 2 amide bonds. The summed E-state index contributed by atoms with van der Waals surface area (Å²) in [6.45, 7) is 9.35. The largest absolute Gasteiger partial charge is 0.445 e. The monoisotopic (exact) mass is 368 g/mol. The number of carbonyl (C=O) groups excluding carboxylic acids is 2. The molecule has 1 aliphatic rings. The predicted molar refractivity (Wildman–Crippen MR) is 105 cm³/mol. The van der Waals surface area contributed by atoms with Crippen molar-refractivity contribution >= 4 is 28.6 Å². The fraction of sp³-hybridized carbons (Fsp3) is 0.350. The lowest BCUT2D eigenvalue weighted by Crippen LogP contribution is -2.50. The van der Waals surface area contributed by atoms with E-state index < -0.39 is 0 Å². The Hall–Kier alpha value is -3.09. The lowest BCUT2D eigenvalue weighted by Gasteiger charge is -2.34. The van der Waals surface area contributed by atoms with Crippen LogP contribution in [0, 0.1) is 13.8 Å². The molecule has 2 aromatic rings. The van der Waals surface area contributed by atoms with Crippen LogP contribution >= 0.6 is 0 Å². The quantitative estimate of drug-likeness (QED) is 0.841. The van der Waals surface area contributed by atoms with Crippen LogP contribution in [0.3, 0.4) is 0 Å². The maximum atomic E-state index is 12.9. The van der Waals surface area contributed by atoms with Crippen LogP contribution in [0.15, 0.2) is 30.9 Å². The number of ether oxygens (including phenoxy) is 1. The van der Waals surface area contributed by atoms with E-state index in [-0.39, 0.29) is 18.6 Å². The summed E-state index contributed by atoms with van der Waals surface area (Å²) in [5.41, 5.74) is 9.81. The summed E-state index contributed by atoms with van der Waals surface area (Å²) in [5, 5.41) is 0.949. The summed E-state index contributed by atoms with van der Waals surface area (Å²) in [7, 11) is 0. The fourth-order valence-corrected chi connectivity index (χ4v) is 3.23. The number of rotatable bonds is 3. The average molecular weight is 368 g/mol. The molecule has 0 bridgehead atoms. The van der Waals surface area contributed by atoms with E-state index in [1.165, 1.54) is 6.08 Å². The normalized spacial score (nSPS) is 14.3. The Balaban J connectivity index is 1.72. The highest BCUT2D eigenvalue weighted by atomic mass is 16.6. The Morgan fingerprint density at radius 3 is 2.56 bits per heavy atom. The van der Waals surface area contributed by atoms with E-state index in [2.05, 4.69) is 11.6 Å². The van der Waals surface area contributed by atoms with Crippen molar-refractivity contribution in [3.63, 3.8) is 0 Å². The molecule has 1 fully saturated rings. The second kappa shape index (κ2) is 7.65. The van der Waals surface area contributed by atoms with Crippen LogP contribution in [-0.4, -0.2) is 59.6 Å². The Kier molecular flexibility index (Phi) is 5.30. The number of fused-ring (bicyclic) bond motifs is 1. The summed E-state index contributed by atoms with van der Waals surface area (Å²) in [6.07, 6.45) is 1.16. The number of amides is 2. The molecule has 2 N–H and O–H groups in total. The van der Waals surface area contributed by atoms with Gasteiger partial charge < -0.3 is 20.3 Å². The molecule has 142 valence electrons. The highest BCUT2D eigenvalue weighted by molar-refractivity contribution is 5.99. The third-order valence-electron chi connectivity index (χ3n) is 4.88. The summed E-state index contributed by atoms with van der Waals surface area (Å²) >= 11 is 0. The van der Waals surface area contributed by atoms with E-state index in [1.807, 2.05) is 26.0 Å². The van der Waals surface area contributed by atoms with Gasteiger partial charge in [0.25, 0.3) is 5.91 Å². The molecule has 1 saturated heterocycles. The zero-order valence-corrected chi connectivity index (χ0v) is 15.7. The van der Waals surface area contributed by atoms with Gasteiger partial charge in [-0.25, -0.2) is 4.79 Å². The third-order valence-corrected chi connectivity index (χ3v) is 4.88. The van der Waals surface area contributed by atoms with Gasteiger partial charge in [0.05, 0.1) is 16.9 Å². The van der Waals surface area contributed by atoms with Gasteiger partial charge in [0.15, 0.2) is 0 Å². The molecule has 0 aliphatic carbocycles. The molecule has 1 aliphatic heterocycles. The second-order valence-corrected chi connectivity index (χ2v) is 6.61. The fourth-order valence-electron chi connectivity index (χ4n) is 3.23. The number of aryl methyl sites for hydroxylation is 2. The number of piperazine rings is 1. The molecular formula is C20H24N4O3. The smallest absolute Gasteiger partial charge is 0.410 e. The van der Waals surface area contributed by atoms with Crippen LogP contribution in [0.25, 0.3) is 10.9 Å². The lowest BCUT2D eigenvalue weighted by molar-refractivity contribution is 0.0581. The van der Waals surface area contributed by atoms with E-state index in [4.69, 9.17) is 10.5 Å². The van der Waals surface area contributed by atoms with Crippen LogP contribution in [0.5, 0.6) is 0 Å². The number of benzene rings is 1. The molecule has 27 heavy (non-hydrogen) atoms. The van der Waals surface area contributed by atoms with Crippen molar-refractivity contribution in [1.29, 1.82) is 0 Å². The number of carbonyl (C=O) groups is 2. The Morgan fingerprint density at radius 1 is 1.22 bits per heavy atom. The molecule has 0 atom stereocenters. The van der Waals surface area contributed by atoms with Crippen LogP contribution in [0.1, 0.15) is 21.6 Å². The SMILES string of the molecule is C=CCOC(=O)N1CCN(C(=O)c2ccc3c(C)c(N)c(C)nc3c2)CC1. The highest BCUT2D eigenvalue weighted by Gasteiger charge is 2.25. The summed E-state index contributed by atoms with van der Waals surface area (Å²) in [4.78, 5) is 32.6. The molecule has 7 nitrogen and oxygen atoms in total. The van der Waals surface area contributed by atoms with E-state index in [0.717, 1.165) is 22.2 Å². The van der Waals surface area contributed by atoms with Gasteiger partial charge in [-0.3, -0.25) is 9.78 Å². The first-order valence-electron chi connectivity index (χ1n) is 8.90. The molecule has 0 radical (unpaired) electrons. The standard InChI is InChI=1S/C20H24N4O3/c1-4-11-27-20(26)24-9-7-23(8-10-24)19(25)15-5-6-16-13(2)18(21)14(3)22-17(16)12-15/h4-6,12H,1,7-11,21H2,2-3H3. The minimum Gasteiger partial charge on any atom is -0.445 e. The van der Waals surface area contributed by atoms with Gasteiger partial charge >= 0.3 is 6.09 Å². The topological polar surface area (TPSA) is 88.8 Å². The van der Waals surface area contributed by atoms with Crippen molar-refractivity contribution in [1.82, 2.24) is 14.8 Å². The molecule has 2 heterocycles. The van der Waals surface area contributed by atoms with Crippen molar-refractivity contribution < 1.29 is 14.3 Å². The Morgan fingerprint density at radius 2 is 1.89 bits per heavy atom. The maximum absolute atomic E-state index is 12.9. The predicted octanol–water partition coefficient (Wildman–Crippen LogP) is 2.51. The van der Waals surface area contributed by atoms with Crippen molar-refractivity contribution in [3.8, 4) is 0 Å². The van der Waals surface area contributed by atoms with Gasteiger partial charge in [-0.05, 0) is 31.5 Å². The number of anilines is 1. The minimum atomic E-state index is -0.375. The van der Waals surface area contributed by atoms with E-state index in [9.17, 15) is 9.59 Å². The molecule has 0 unspecified atom stereocenters. The molecule has 3 rings (SSSR count). The zero-order valence-electron chi connectivity index (χ0n) is 15.7. The second-order valence-electron chi connectivity index (χ2n) is 6.61. The van der Waals surface area contributed by atoms with Crippen molar-refractivity contribution in [2.45, 2.75) is 13.8 Å². The van der Waals surface area contributed by atoms with Crippen LogP contribution < -0.4 is 5.73 Å². The molecule has 1 aromatic carbocycles. The zero-order chi connectivity index (χ0) is 19.6. The van der Waals surface area contributed by atoms with Crippen molar-refractivity contribution in [2.24, 2.45) is 0 Å². The molecular weight excluding hydrogens is 344 g/mol. The number of pyridine rings is 1. The van der Waals surface area contributed by atoms with E-state index in [1.54, 1.807) is 15.9 Å². The van der Waals surface area contributed by atoms with Gasteiger partial charge in [0, 0.05) is 37.1 Å². The molecule has 7 heteroatoms. The maximum Gasteiger partial charge on any atom is 0.410 e. The van der Waals surface area contributed by atoms with Gasteiger partial charge in [0.1, 0.15) is 6.61 Å². The summed E-state index contributed by atoms with van der Waals surface area (Å²) < 4.78 is 5.04. The van der Waals surface area contributed by atoms with Crippen LogP contribution in [0.2, 0.25) is 0 Å². The van der Waals surface area contributed by atoms with Crippen LogP contribution in [-0.2, 0) is 4.74 Å². The Bertz CT molecular complexity index is 902. The van der Waals surface area contributed by atoms with Crippen molar-refractivity contribution in [2.75, 3.05) is 38.5 Å². The Labute approximate surface area is 158 Å². The van der Waals surface area contributed by atoms with Gasteiger partial charge in [-0.2, -0.15) is 0 Å². The first kappa shape index (κ1) is 18.7. The van der Waals surface area contributed by atoms with Crippen LogP contribution in [0.4, 0.5) is 10.5 Å². The molecule has 0 spiro atoms. The first-order valence-corrected chi connectivity index (χ1v) is 8.90. The third kappa shape index (κ3) is 3.72. The number of nitrogen functional groups attached to an aromatic ring is 1. The van der Waals surface area contributed by atoms with Crippen molar-refractivity contribution in [3.05, 3.63) is 47.7 Å². The van der Waals surface area contributed by atoms with E-state index >= 15 is 0 Å². The summed E-state index contributed by atoms with van der Waals surface area (Å²) in [5.74, 6) is -0.0649. The number of hydrogen-bond donors (Lipinski definition) is 1. The van der Waals surface area contributed by atoms with Gasteiger partial charge in [0.2, 0.25) is 0 Å². The minimum absolute atomic E-state index is 0.0649. The number of aromatic nitrogens is 1. The van der Waals surface area contributed by atoms with E-state index in [0.29, 0.717) is 37.4 Å². The number of hydrogen-bond acceptors (Lipinski definition) is 5. The molecule has 0 saturated carbocycles. The molecule has 1 aromatic heterocycles.